The van der Waals surface area contributed by atoms with Crippen molar-refractivity contribution in [3.63, 3.8) is 0 Å². The van der Waals surface area contributed by atoms with Gasteiger partial charge < -0.3 is 80.1 Å². The largest absolute Gasteiger partial charge is 1.00 e. The summed E-state index contributed by atoms with van der Waals surface area (Å²) in [5, 5.41) is 48.8. The van der Waals surface area contributed by atoms with Gasteiger partial charge in [0.05, 0.1) is 11.6 Å². The first-order chi connectivity index (χ1) is 45.8. The first-order valence-electron chi connectivity index (χ1n) is 29.2. The summed E-state index contributed by atoms with van der Waals surface area (Å²) in [4.78, 5) is 127. The molecule has 0 saturated carbocycles. The molecule has 3 heterocycles. The number of carbonyl (C=O) groups is 8. The molecular formula is C59H121Ac3BClN21NaO19S. The number of hydrogen-bond acceptors (Lipinski definition) is 36. The van der Waals surface area contributed by atoms with Crippen LogP contribution in [-0.2, 0) is 81.7 Å². The van der Waals surface area contributed by atoms with E-state index in [0.29, 0.717) is 23.3 Å². The molecule has 0 saturated heterocycles. The van der Waals surface area contributed by atoms with Gasteiger partial charge in [0.25, 0.3) is 16.7 Å². The number of esters is 5. The molecule has 602 valence electrons. The van der Waals surface area contributed by atoms with E-state index in [4.69, 9.17) is 67.1 Å². The fourth-order valence-electron chi connectivity index (χ4n) is 5.20. The molecule has 19 N–H and O–H groups in total. The van der Waals surface area contributed by atoms with Gasteiger partial charge in [-0.2, -0.15) is 0 Å². The van der Waals surface area contributed by atoms with Gasteiger partial charge in [0.2, 0.25) is 28.6 Å². The Morgan fingerprint density at radius 1 is 0.547 bits per heavy atom. The zero-order chi connectivity index (χ0) is 81.3. The molecule has 0 spiro atoms. The molecule has 47 heteroatoms. The van der Waals surface area contributed by atoms with Gasteiger partial charge in [-0.3, -0.25) is 93.8 Å². The van der Waals surface area contributed by atoms with Crippen LogP contribution >= 0.6 is 23.4 Å². The molecule has 0 atom stereocenters. The van der Waals surface area contributed by atoms with Crippen LogP contribution in [0.15, 0.2) is 24.4 Å². The number of aromatic nitrogens is 9. The van der Waals surface area contributed by atoms with Crippen molar-refractivity contribution >= 4 is 108 Å². The van der Waals surface area contributed by atoms with Gasteiger partial charge in [-0.05, 0) is 163 Å². The Morgan fingerprint density at radius 3 is 1.05 bits per heavy atom. The monoisotopic (exact) mass is 2210 g/mol. The number of aliphatic imine (C=N–C) groups is 2. The number of nitrogens with zero attached hydrogens (tertiary/aromatic N) is 11. The Hall–Kier alpha value is -3.16. The first-order valence-corrected chi connectivity index (χ1v) is 30.9. The quantitative estimate of drug-likeness (QED) is 0.0104. The van der Waals surface area contributed by atoms with Crippen LogP contribution < -0.4 is 102 Å². The topological polar surface area (TPSA) is 616 Å². The number of rotatable bonds is 13. The van der Waals surface area contributed by atoms with Crippen molar-refractivity contribution in [2.45, 2.75) is 215 Å². The molecule has 3 aromatic heterocycles. The minimum absolute atomic E-state index is 0. The van der Waals surface area contributed by atoms with E-state index >= 15 is 0 Å². The molecule has 1 amide bonds. The van der Waals surface area contributed by atoms with Gasteiger partial charge >= 0.3 is 59.4 Å². The minimum Gasteiger partial charge on any atom is -0.715 e. The van der Waals surface area contributed by atoms with Crippen LogP contribution in [0.5, 0.6) is 0 Å². The molecule has 3 aromatic rings. The molecule has 40 nitrogen and oxygen atoms in total. The summed E-state index contributed by atoms with van der Waals surface area (Å²) in [6.07, 6.45) is 1.92. The van der Waals surface area contributed by atoms with Crippen molar-refractivity contribution in [2.24, 2.45) is 39.0 Å². The molecule has 0 unspecified atom stereocenters. The van der Waals surface area contributed by atoms with Crippen molar-refractivity contribution in [2.75, 3.05) is 69.9 Å². The van der Waals surface area contributed by atoms with Crippen molar-refractivity contribution in [1.29, 1.82) is 0 Å². The number of nitrogens with two attached hydrogens (primary N) is 6. The van der Waals surface area contributed by atoms with E-state index in [9.17, 15) is 47.9 Å². The number of ether oxygens (including phenoxy) is 5. The molecule has 0 aromatic carbocycles. The molecule has 0 aliphatic heterocycles. The number of amides is 1. The van der Waals surface area contributed by atoms with E-state index in [1.165, 1.54) is 34.9 Å². The number of carbonyl (C=O) groups excluding carboxylic acids is 8. The Morgan fingerprint density at radius 2 is 0.802 bits per heavy atom. The van der Waals surface area contributed by atoms with E-state index in [-0.39, 0.29) is 268 Å². The third-order valence-corrected chi connectivity index (χ3v) is 9.42. The van der Waals surface area contributed by atoms with Crippen LogP contribution in [0.25, 0.3) is 0 Å². The maximum atomic E-state index is 11.9. The number of anilines is 3. The van der Waals surface area contributed by atoms with Crippen molar-refractivity contribution in [1.82, 2.24) is 55.0 Å². The number of hydrazine groups is 2. The summed E-state index contributed by atoms with van der Waals surface area (Å²) < 4.78 is 28.8. The Labute approximate surface area is 764 Å². The Bertz CT molecular complexity index is 3050. The molecule has 0 bridgehead atoms. The van der Waals surface area contributed by atoms with E-state index in [2.05, 4.69) is 93.3 Å². The third-order valence-electron chi connectivity index (χ3n) is 8.70. The maximum Gasteiger partial charge on any atom is 1.00 e. The maximum absolute atomic E-state index is 11.9. The number of amidine groups is 1. The van der Waals surface area contributed by atoms with Crippen LogP contribution in [0.4, 0.5) is 17.5 Å². The Kier molecular flexibility index (Phi) is 102. The summed E-state index contributed by atoms with van der Waals surface area (Å²) >= 11 is 6.16. The standard InChI is InChI=1S/C11H18N4O3.C10H16N4O3.C9H17NO2S.C8H13N5O2.C8H17N3O2.C6H13NO2.C2H3ClO.C2H7N.CH2O.2CH4.3Ac.BHO.H4N2.Na.H2O2/c1-7-13-14-9(12-5)10(17)15(7)6-8(16)18-11(2,3)4;1-6-12-13-8(11)9(16)14(6)5-7(15)17-10(2,3)4;1-7(13-5)10-6-8(11)12-9(2,3)4;1-5-11-12-7(10-3)8(15)13(5)4-6(14)9-2;1-6(11-9)10-5-7(12)13-8(2,3)4;1-6(2,3)9-5(8)4-7;1-2(3)4;1-2-3;1-2;;;;;;2*1-2;;1-2/h6H2,1-5H3,(H,12,14);5H2,1-4H3,(H2,11,13);6H2,1-5H3;4H2,1-3H3,(H,9,14)(H,10,12);5,9H2,1-4H3,(H,10,11);4,7H2,1-3H3;1H3;2-3H2,1H3;1H2;2*1H4;;;;2H;1-2H2;;1-2H/q;;;;;;;;;;;;;;-1;;+1;. The molecular weight excluding hydrogens is 2090 g/mol. The number of hydrogen-bond donors (Lipinski definition) is 13. The average Bonchev–Trinajstić information content (AvgIpc) is 0.848. The van der Waals surface area contributed by atoms with E-state index < -0.39 is 51.1 Å². The second kappa shape index (κ2) is 78.5. The van der Waals surface area contributed by atoms with E-state index in [1.54, 1.807) is 104 Å². The second-order valence-electron chi connectivity index (χ2n) is 23.3. The van der Waals surface area contributed by atoms with Crippen molar-refractivity contribution in [3.8, 4) is 0 Å². The van der Waals surface area contributed by atoms with Crippen LogP contribution in [-0.4, -0.2) is 208 Å². The normalized spacial score (nSPS) is 9.77. The number of nitrogens with one attached hydrogen (secondary N) is 4. The van der Waals surface area contributed by atoms with Gasteiger partial charge in [-0.25, -0.2) is 5.84 Å². The molecule has 0 aliphatic carbocycles. The summed E-state index contributed by atoms with van der Waals surface area (Å²) in [5.74, 6) is 12.4. The van der Waals surface area contributed by atoms with Gasteiger partial charge in [-0.15, -0.1) is 42.4 Å². The van der Waals surface area contributed by atoms with Gasteiger partial charge in [0.15, 0.2) is 0 Å². The zero-order valence-corrected chi connectivity index (χ0v) is 83.3. The van der Waals surface area contributed by atoms with Crippen LogP contribution in [0, 0.1) is 153 Å². The van der Waals surface area contributed by atoms with Crippen LogP contribution in [0.2, 0.25) is 0 Å². The van der Waals surface area contributed by atoms with Gasteiger partial charge in [-0.1, -0.05) is 21.8 Å². The third kappa shape index (κ3) is 88.1. The molecule has 0 aliphatic rings. The summed E-state index contributed by atoms with van der Waals surface area (Å²) in [5.41, 5.74) is 13.8. The minimum atomic E-state index is -0.597. The second-order valence-corrected chi connectivity index (χ2v) is 24.8. The SMILES string of the molecule is C.C.C=O.CC(=NCC(=O)OC(C)(C)C)NN.CC(=O)Cl.CC(C)(C)OC(=O)CN.CCN.CNC(=O)Cn1c(C)nnc(NC)c1=O.CNc1nnc(C)n(CC(=O)OC(C)(C)C)c1=O.CSC(C)=NCC(=O)OC(C)(C)C.Cc1nnc(N)c(=O)n1CC(=O)OC(C)(C)C.NN.OO.[Ac].[Ac].[Ac].[B-]O.[Na+]. The first kappa shape index (κ1) is 138. The number of halogens is 1. The van der Waals surface area contributed by atoms with E-state index in [0.717, 1.165) is 16.2 Å². The predicted molar refractivity (Wildman–Crippen MR) is 399 cm³/mol. The zero-order valence-electron chi connectivity index (χ0n) is 65.5. The molecule has 3 rings (SSSR count). The van der Waals surface area contributed by atoms with Crippen molar-refractivity contribution < 1.29 is 239 Å². The smallest absolute Gasteiger partial charge is 0.715 e. The van der Waals surface area contributed by atoms with Crippen LogP contribution in [0.3, 0.4) is 0 Å². The predicted octanol–water partition coefficient (Wildman–Crippen LogP) is -1.73. The summed E-state index contributed by atoms with van der Waals surface area (Å²) in [7, 11) is 8.15. The fraction of sp³-hybridized carbons (Fsp3) is 0.678. The summed E-state index contributed by atoms with van der Waals surface area (Å²) in [6.45, 7) is 40.8. The van der Waals surface area contributed by atoms with Crippen LogP contribution in [0.1, 0.15) is 164 Å². The fourth-order valence-corrected chi connectivity index (χ4v) is 5.39. The molecule has 6 radical (unpaired) electrons. The van der Waals surface area contributed by atoms with Gasteiger partial charge in [0, 0.05) is 160 Å². The number of thioether (sulfide) groups is 1. The molecule has 0 fully saturated rings. The average molecular weight is 2210 g/mol. The number of likely N-dealkylation sites (N-methyl/N-ethyl adjacent to an activating group) is 1. The number of nitrogen functional groups attached to an aromatic ring is 1. The number of aryl methyl sites for hydroxylation is 3. The summed E-state index contributed by atoms with van der Waals surface area (Å²) in [6, 6.07) is 0. The van der Waals surface area contributed by atoms with Gasteiger partial charge in [0.1, 0.15) is 90.8 Å². The Balaban J connectivity index is -0.0000000692. The molecule has 106 heavy (non-hydrogen) atoms. The van der Waals surface area contributed by atoms with E-state index in [1.807, 2.05) is 68.4 Å². The van der Waals surface area contributed by atoms with Crippen molar-refractivity contribution in [3.05, 3.63) is 48.5 Å².